The van der Waals surface area contributed by atoms with Crippen LogP contribution in [0.25, 0.3) is 0 Å². The third-order valence-electron chi connectivity index (χ3n) is 3.12. The molecule has 78 valence electrons. The fourth-order valence-corrected chi connectivity index (χ4v) is 2.24. The van der Waals surface area contributed by atoms with E-state index in [-0.39, 0.29) is 0 Å². The molecule has 2 N–H and O–H groups in total. The molecule has 0 aromatic carbocycles. The van der Waals surface area contributed by atoms with Crippen molar-refractivity contribution in [1.82, 2.24) is 4.90 Å². The summed E-state index contributed by atoms with van der Waals surface area (Å²) in [7, 11) is 0. The van der Waals surface area contributed by atoms with Gasteiger partial charge in [0.25, 0.3) is 0 Å². The second-order valence-electron chi connectivity index (χ2n) is 4.33. The van der Waals surface area contributed by atoms with Crippen molar-refractivity contribution < 1.29 is 0 Å². The molecule has 0 amide bonds. The highest BCUT2D eigenvalue weighted by Crippen LogP contribution is 2.23. The fourth-order valence-electron chi connectivity index (χ4n) is 2.24. The summed E-state index contributed by atoms with van der Waals surface area (Å²) < 4.78 is 0. The van der Waals surface area contributed by atoms with Gasteiger partial charge in [-0.25, -0.2) is 0 Å². The van der Waals surface area contributed by atoms with Crippen LogP contribution in [0.2, 0.25) is 0 Å². The second kappa shape index (κ2) is 5.61. The highest BCUT2D eigenvalue weighted by Gasteiger charge is 2.20. The monoisotopic (exact) mass is 184 g/mol. The topological polar surface area (TPSA) is 29.3 Å². The summed E-state index contributed by atoms with van der Waals surface area (Å²) >= 11 is 0. The Morgan fingerprint density at radius 1 is 1.38 bits per heavy atom. The average molecular weight is 184 g/mol. The third kappa shape index (κ3) is 3.65. The molecule has 2 heteroatoms. The van der Waals surface area contributed by atoms with Crippen molar-refractivity contribution in [3.8, 4) is 0 Å². The zero-order chi connectivity index (χ0) is 9.68. The summed E-state index contributed by atoms with van der Waals surface area (Å²) in [6, 6.07) is 1.22. The molecule has 1 fully saturated rings. The quantitative estimate of drug-likeness (QED) is 0.708. The van der Waals surface area contributed by atoms with E-state index in [1.807, 2.05) is 0 Å². The summed E-state index contributed by atoms with van der Waals surface area (Å²) in [5.41, 5.74) is 5.77. The molecule has 1 saturated carbocycles. The minimum Gasteiger partial charge on any atom is -0.328 e. The van der Waals surface area contributed by atoms with Crippen molar-refractivity contribution in [2.75, 3.05) is 13.1 Å². The first-order chi connectivity index (χ1) is 6.24. The molecule has 0 radical (unpaired) electrons. The average Bonchev–Trinajstić information content (AvgIpc) is 2.58. The van der Waals surface area contributed by atoms with Crippen molar-refractivity contribution in [1.29, 1.82) is 0 Å². The van der Waals surface area contributed by atoms with Gasteiger partial charge < -0.3 is 10.6 Å². The van der Waals surface area contributed by atoms with Gasteiger partial charge in [-0.1, -0.05) is 19.8 Å². The number of hydrogen-bond donors (Lipinski definition) is 1. The minimum absolute atomic E-state index is 0.357. The van der Waals surface area contributed by atoms with Gasteiger partial charge in [0.05, 0.1) is 0 Å². The van der Waals surface area contributed by atoms with E-state index in [9.17, 15) is 0 Å². The molecule has 0 aromatic heterocycles. The van der Waals surface area contributed by atoms with Crippen molar-refractivity contribution in [3.05, 3.63) is 0 Å². The van der Waals surface area contributed by atoms with Gasteiger partial charge >= 0.3 is 0 Å². The Labute approximate surface area is 82.5 Å². The van der Waals surface area contributed by atoms with Crippen LogP contribution in [-0.2, 0) is 0 Å². The summed E-state index contributed by atoms with van der Waals surface area (Å²) in [6.07, 6.45) is 6.82. The van der Waals surface area contributed by atoms with Gasteiger partial charge in [-0.05, 0) is 39.3 Å². The van der Waals surface area contributed by atoms with Gasteiger partial charge in [-0.2, -0.15) is 0 Å². The zero-order valence-electron chi connectivity index (χ0n) is 9.13. The van der Waals surface area contributed by atoms with Crippen LogP contribution in [0.5, 0.6) is 0 Å². The Kier molecular flexibility index (Phi) is 4.74. The Hall–Kier alpha value is -0.0800. The van der Waals surface area contributed by atoms with Crippen LogP contribution in [0.15, 0.2) is 0 Å². The molecule has 1 rings (SSSR count). The molecular weight excluding hydrogens is 160 g/mol. The highest BCUT2D eigenvalue weighted by atomic mass is 15.1. The van der Waals surface area contributed by atoms with Gasteiger partial charge in [0.2, 0.25) is 0 Å². The number of nitrogens with zero attached hydrogens (tertiary/aromatic N) is 1. The molecule has 0 aliphatic heterocycles. The van der Waals surface area contributed by atoms with E-state index in [0.29, 0.717) is 6.04 Å². The van der Waals surface area contributed by atoms with Gasteiger partial charge in [0.15, 0.2) is 0 Å². The van der Waals surface area contributed by atoms with Crippen LogP contribution in [0.3, 0.4) is 0 Å². The largest absolute Gasteiger partial charge is 0.328 e. The number of nitrogens with two attached hydrogens (primary N) is 1. The highest BCUT2D eigenvalue weighted by molar-refractivity contribution is 4.77. The van der Waals surface area contributed by atoms with Crippen LogP contribution in [0.1, 0.15) is 46.0 Å². The maximum absolute atomic E-state index is 5.77. The Balaban J connectivity index is 2.24. The molecule has 0 heterocycles. The Morgan fingerprint density at radius 2 is 2.00 bits per heavy atom. The lowest BCUT2D eigenvalue weighted by Crippen LogP contribution is -2.36. The Bertz CT molecular complexity index is 128. The molecule has 1 aliphatic rings. The van der Waals surface area contributed by atoms with E-state index in [0.717, 1.165) is 12.5 Å². The van der Waals surface area contributed by atoms with Gasteiger partial charge in [-0.15, -0.1) is 0 Å². The summed E-state index contributed by atoms with van der Waals surface area (Å²) in [5.74, 6) is 0. The lowest BCUT2D eigenvalue weighted by atomic mass is 10.1. The van der Waals surface area contributed by atoms with Gasteiger partial charge in [-0.3, -0.25) is 0 Å². The van der Waals surface area contributed by atoms with E-state index in [1.54, 1.807) is 0 Å². The van der Waals surface area contributed by atoms with Crippen LogP contribution >= 0.6 is 0 Å². The van der Waals surface area contributed by atoms with Crippen molar-refractivity contribution in [2.24, 2.45) is 5.73 Å². The first-order valence-corrected chi connectivity index (χ1v) is 5.73. The molecule has 0 saturated heterocycles. The first-order valence-electron chi connectivity index (χ1n) is 5.73. The lowest BCUT2D eigenvalue weighted by Gasteiger charge is -2.27. The molecule has 2 nitrogen and oxygen atoms in total. The maximum atomic E-state index is 5.77. The molecular formula is C11H24N2. The molecule has 0 spiro atoms. The molecule has 1 aliphatic carbocycles. The van der Waals surface area contributed by atoms with Crippen LogP contribution < -0.4 is 5.73 Å². The van der Waals surface area contributed by atoms with Crippen molar-refractivity contribution in [2.45, 2.75) is 58.0 Å². The minimum atomic E-state index is 0.357. The zero-order valence-corrected chi connectivity index (χ0v) is 9.13. The summed E-state index contributed by atoms with van der Waals surface area (Å²) in [6.45, 7) is 6.75. The van der Waals surface area contributed by atoms with E-state index in [1.165, 1.54) is 38.8 Å². The molecule has 13 heavy (non-hydrogen) atoms. The summed E-state index contributed by atoms with van der Waals surface area (Å²) in [5, 5.41) is 0. The SMILES string of the molecule is CCN(CCC(C)N)C1CCCC1. The van der Waals surface area contributed by atoms with Gasteiger partial charge in [0, 0.05) is 12.1 Å². The Morgan fingerprint density at radius 3 is 2.46 bits per heavy atom. The van der Waals surface area contributed by atoms with Crippen molar-refractivity contribution >= 4 is 0 Å². The van der Waals surface area contributed by atoms with E-state index < -0.39 is 0 Å². The first kappa shape index (κ1) is 11.0. The maximum Gasteiger partial charge on any atom is 0.00951 e. The lowest BCUT2D eigenvalue weighted by molar-refractivity contribution is 0.203. The van der Waals surface area contributed by atoms with Crippen molar-refractivity contribution in [3.63, 3.8) is 0 Å². The summed E-state index contributed by atoms with van der Waals surface area (Å²) in [4.78, 5) is 2.61. The number of rotatable bonds is 5. The third-order valence-corrected chi connectivity index (χ3v) is 3.12. The van der Waals surface area contributed by atoms with E-state index >= 15 is 0 Å². The van der Waals surface area contributed by atoms with Crippen LogP contribution in [0.4, 0.5) is 0 Å². The van der Waals surface area contributed by atoms with Gasteiger partial charge in [0.1, 0.15) is 0 Å². The molecule has 0 bridgehead atoms. The van der Waals surface area contributed by atoms with Crippen LogP contribution in [-0.4, -0.2) is 30.1 Å². The predicted molar refractivity (Wildman–Crippen MR) is 57.8 cm³/mol. The normalized spacial score (nSPS) is 21.2. The predicted octanol–water partition coefficient (Wildman–Crippen LogP) is 1.99. The molecule has 0 aromatic rings. The van der Waals surface area contributed by atoms with Crippen LogP contribution in [0, 0.1) is 0 Å². The van der Waals surface area contributed by atoms with E-state index in [4.69, 9.17) is 5.73 Å². The smallest absolute Gasteiger partial charge is 0.00951 e. The fraction of sp³-hybridized carbons (Fsp3) is 1.00. The second-order valence-corrected chi connectivity index (χ2v) is 4.33. The number of hydrogen-bond acceptors (Lipinski definition) is 2. The molecule has 1 atom stereocenters. The molecule has 1 unspecified atom stereocenters. The van der Waals surface area contributed by atoms with E-state index in [2.05, 4.69) is 18.7 Å². The standard InChI is InChI=1S/C11H24N2/c1-3-13(9-8-10(2)12)11-6-4-5-7-11/h10-11H,3-9,12H2,1-2H3.